The van der Waals surface area contributed by atoms with Gasteiger partial charge >= 0.3 is 0 Å². The van der Waals surface area contributed by atoms with Gasteiger partial charge in [-0.2, -0.15) is 5.26 Å². The second-order valence-corrected chi connectivity index (χ2v) is 3.06. The highest BCUT2D eigenvalue weighted by molar-refractivity contribution is 5.63. The fourth-order valence-electron chi connectivity index (χ4n) is 1.38. The molecule has 4 nitrogen and oxygen atoms in total. The zero-order chi connectivity index (χ0) is 10.6. The molecule has 0 bridgehead atoms. The smallest absolute Gasteiger partial charge is 0.101 e. The molecule has 14 heavy (non-hydrogen) atoms. The van der Waals surface area contributed by atoms with Gasteiger partial charge < -0.3 is 10.7 Å². The minimum atomic E-state index is 0.468. The van der Waals surface area contributed by atoms with E-state index in [1.807, 2.05) is 19.1 Å². The quantitative estimate of drug-likeness (QED) is 0.537. The van der Waals surface area contributed by atoms with Crippen molar-refractivity contribution in [3.8, 4) is 6.07 Å². The third kappa shape index (κ3) is 2.02. The van der Waals surface area contributed by atoms with Crippen LogP contribution >= 0.6 is 0 Å². The van der Waals surface area contributed by atoms with Crippen molar-refractivity contribution in [3.63, 3.8) is 0 Å². The summed E-state index contributed by atoms with van der Waals surface area (Å²) < 4.78 is 0. The van der Waals surface area contributed by atoms with Gasteiger partial charge in [0, 0.05) is 13.1 Å². The highest BCUT2D eigenvalue weighted by Crippen LogP contribution is 2.21. The Labute approximate surface area is 83.7 Å². The van der Waals surface area contributed by atoms with Crippen molar-refractivity contribution < 1.29 is 0 Å². The number of rotatable bonds is 3. The summed E-state index contributed by atoms with van der Waals surface area (Å²) in [6.45, 7) is 2.93. The number of anilines is 1. The summed E-state index contributed by atoms with van der Waals surface area (Å²) >= 11 is 0. The van der Waals surface area contributed by atoms with Crippen LogP contribution in [0.2, 0.25) is 0 Å². The number of nitrogens with zero attached hydrogens (tertiary/aromatic N) is 2. The fraction of sp³-hybridized carbons (Fsp3) is 0.300. The Morgan fingerprint density at radius 1 is 1.50 bits per heavy atom. The zero-order valence-corrected chi connectivity index (χ0v) is 8.20. The molecule has 0 unspecified atom stereocenters. The standard InChI is InChI=1S/C10H14N4/c1-8-3-2-4-9(7-12)10(8)14(13)6-5-11/h2-4H,5-6,11,13H2,1H3. The lowest BCUT2D eigenvalue weighted by atomic mass is 10.1. The summed E-state index contributed by atoms with van der Waals surface area (Å²) in [6.07, 6.45) is 0. The Kier molecular flexibility index (Phi) is 3.46. The first-order chi connectivity index (χ1) is 6.70. The van der Waals surface area contributed by atoms with Crippen molar-refractivity contribution in [3.05, 3.63) is 29.3 Å². The van der Waals surface area contributed by atoms with E-state index in [0.717, 1.165) is 11.3 Å². The Bertz CT molecular complexity index is 354. The van der Waals surface area contributed by atoms with Crippen molar-refractivity contribution in [2.75, 3.05) is 18.1 Å². The Morgan fingerprint density at radius 2 is 2.21 bits per heavy atom. The van der Waals surface area contributed by atoms with Gasteiger partial charge in [0.1, 0.15) is 6.07 Å². The van der Waals surface area contributed by atoms with Gasteiger partial charge in [0.25, 0.3) is 0 Å². The molecule has 74 valence electrons. The highest BCUT2D eigenvalue weighted by atomic mass is 15.4. The van der Waals surface area contributed by atoms with Crippen LogP contribution in [0.25, 0.3) is 0 Å². The van der Waals surface area contributed by atoms with Crippen molar-refractivity contribution in [2.45, 2.75) is 6.92 Å². The highest BCUT2D eigenvalue weighted by Gasteiger charge is 2.09. The van der Waals surface area contributed by atoms with Gasteiger partial charge in [0.2, 0.25) is 0 Å². The number of benzene rings is 1. The molecule has 0 aliphatic heterocycles. The van der Waals surface area contributed by atoms with Crippen molar-refractivity contribution in [1.82, 2.24) is 0 Å². The number of aryl methyl sites for hydroxylation is 1. The van der Waals surface area contributed by atoms with Gasteiger partial charge in [0.05, 0.1) is 11.3 Å². The number of para-hydroxylation sites is 1. The molecule has 0 atom stereocenters. The van der Waals surface area contributed by atoms with Gasteiger partial charge in [-0.1, -0.05) is 12.1 Å². The molecule has 4 N–H and O–H groups in total. The molecule has 0 saturated carbocycles. The van der Waals surface area contributed by atoms with E-state index in [0.29, 0.717) is 18.7 Å². The third-order valence-corrected chi connectivity index (χ3v) is 2.02. The second kappa shape index (κ2) is 4.61. The first kappa shape index (κ1) is 10.5. The Morgan fingerprint density at radius 3 is 2.79 bits per heavy atom. The van der Waals surface area contributed by atoms with E-state index in [-0.39, 0.29) is 0 Å². The summed E-state index contributed by atoms with van der Waals surface area (Å²) in [4.78, 5) is 0. The number of nitrogens with two attached hydrogens (primary N) is 2. The van der Waals surface area contributed by atoms with E-state index in [4.69, 9.17) is 16.8 Å². The van der Waals surface area contributed by atoms with Gasteiger partial charge in [-0.15, -0.1) is 0 Å². The van der Waals surface area contributed by atoms with E-state index < -0.39 is 0 Å². The average Bonchev–Trinajstić information content (AvgIpc) is 2.17. The molecule has 0 fully saturated rings. The summed E-state index contributed by atoms with van der Waals surface area (Å²) in [6, 6.07) is 7.63. The van der Waals surface area contributed by atoms with E-state index >= 15 is 0 Å². The van der Waals surface area contributed by atoms with Gasteiger partial charge in [-0.3, -0.25) is 0 Å². The summed E-state index contributed by atoms with van der Waals surface area (Å²) in [5, 5.41) is 10.4. The maximum absolute atomic E-state index is 8.90. The number of nitriles is 1. The predicted molar refractivity (Wildman–Crippen MR) is 56.5 cm³/mol. The van der Waals surface area contributed by atoms with Crippen LogP contribution in [0.3, 0.4) is 0 Å². The molecule has 0 aliphatic rings. The maximum atomic E-state index is 8.90. The molecule has 4 heteroatoms. The first-order valence-electron chi connectivity index (χ1n) is 4.42. The summed E-state index contributed by atoms with van der Waals surface area (Å²) in [5.74, 6) is 5.78. The monoisotopic (exact) mass is 190 g/mol. The lowest BCUT2D eigenvalue weighted by Crippen LogP contribution is -2.36. The lowest BCUT2D eigenvalue weighted by Gasteiger charge is -2.20. The minimum Gasteiger partial charge on any atom is -0.329 e. The molecular weight excluding hydrogens is 176 g/mol. The number of hydrogen-bond donors (Lipinski definition) is 2. The predicted octanol–water partition coefficient (Wildman–Crippen LogP) is 0.506. The van der Waals surface area contributed by atoms with Gasteiger partial charge in [-0.05, 0) is 18.6 Å². The zero-order valence-electron chi connectivity index (χ0n) is 8.20. The third-order valence-electron chi connectivity index (χ3n) is 2.02. The van der Waals surface area contributed by atoms with Gasteiger partial charge in [0.15, 0.2) is 0 Å². The van der Waals surface area contributed by atoms with Gasteiger partial charge in [-0.25, -0.2) is 5.84 Å². The summed E-state index contributed by atoms with van der Waals surface area (Å²) in [5.41, 5.74) is 7.74. The molecule has 1 aromatic carbocycles. The van der Waals surface area contributed by atoms with E-state index in [2.05, 4.69) is 6.07 Å². The minimum absolute atomic E-state index is 0.468. The molecular formula is C10H14N4. The molecule has 0 aliphatic carbocycles. The van der Waals surface area contributed by atoms with E-state index in [1.165, 1.54) is 5.01 Å². The van der Waals surface area contributed by atoms with Crippen LogP contribution < -0.4 is 16.6 Å². The van der Waals surface area contributed by atoms with Crippen LogP contribution in [0, 0.1) is 18.3 Å². The number of hydrogen-bond acceptors (Lipinski definition) is 4. The normalized spacial score (nSPS) is 9.57. The maximum Gasteiger partial charge on any atom is 0.101 e. The Hall–Kier alpha value is -1.57. The topological polar surface area (TPSA) is 79.1 Å². The molecule has 0 aromatic heterocycles. The molecule has 0 saturated heterocycles. The Balaban J connectivity index is 3.11. The average molecular weight is 190 g/mol. The molecule has 0 spiro atoms. The molecule has 0 radical (unpaired) electrons. The first-order valence-corrected chi connectivity index (χ1v) is 4.42. The SMILES string of the molecule is Cc1cccc(C#N)c1N(N)CCN. The van der Waals surface area contributed by atoms with Crippen LogP contribution in [-0.4, -0.2) is 13.1 Å². The fourth-order valence-corrected chi connectivity index (χ4v) is 1.38. The van der Waals surface area contributed by atoms with E-state index in [1.54, 1.807) is 6.07 Å². The van der Waals surface area contributed by atoms with Crippen LogP contribution in [0.4, 0.5) is 5.69 Å². The van der Waals surface area contributed by atoms with Crippen molar-refractivity contribution in [1.29, 1.82) is 5.26 Å². The largest absolute Gasteiger partial charge is 0.329 e. The van der Waals surface area contributed by atoms with Crippen molar-refractivity contribution in [2.24, 2.45) is 11.6 Å². The second-order valence-electron chi connectivity index (χ2n) is 3.06. The molecule has 1 aromatic rings. The molecule has 0 amide bonds. The number of hydrazine groups is 1. The van der Waals surface area contributed by atoms with Crippen LogP contribution in [0.5, 0.6) is 0 Å². The lowest BCUT2D eigenvalue weighted by molar-refractivity contribution is 0.828. The van der Waals surface area contributed by atoms with Crippen LogP contribution in [-0.2, 0) is 0 Å². The molecule has 1 rings (SSSR count). The van der Waals surface area contributed by atoms with Crippen molar-refractivity contribution >= 4 is 5.69 Å². The summed E-state index contributed by atoms with van der Waals surface area (Å²) in [7, 11) is 0. The van der Waals surface area contributed by atoms with E-state index in [9.17, 15) is 0 Å². The molecule has 0 heterocycles. The van der Waals surface area contributed by atoms with Crippen LogP contribution in [0.15, 0.2) is 18.2 Å². The van der Waals surface area contributed by atoms with Crippen LogP contribution in [0.1, 0.15) is 11.1 Å².